The van der Waals surface area contributed by atoms with E-state index in [4.69, 9.17) is 0 Å². The molecule has 0 unspecified atom stereocenters. The van der Waals surface area contributed by atoms with Crippen molar-refractivity contribution in [2.75, 3.05) is 5.32 Å². The van der Waals surface area contributed by atoms with Crippen molar-refractivity contribution in [3.63, 3.8) is 0 Å². The van der Waals surface area contributed by atoms with Crippen molar-refractivity contribution in [3.05, 3.63) is 57.5 Å². The fourth-order valence-electron chi connectivity index (χ4n) is 2.75. The summed E-state index contributed by atoms with van der Waals surface area (Å²) in [5, 5.41) is 6.17. The van der Waals surface area contributed by atoms with Gasteiger partial charge in [0.25, 0.3) is 11.3 Å². The van der Waals surface area contributed by atoms with Crippen LogP contribution in [-0.2, 0) is 19.4 Å². The molecule has 2 N–H and O–H groups in total. The number of aromatic nitrogens is 4. The highest BCUT2D eigenvalue weighted by Gasteiger charge is 2.19. The first kappa shape index (κ1) is 12.1. The van der Waals surface area contributed by atoms with Crippen LogP contribution in [0.1, 0.15) is 23.2 Å². The standard InChI is InChI=1S/C15H15N5O/c21-13-11-7-4-8-12(11)17-15-18-14(19-20(13)15)16-9-10-5-2-1-3-6-10/h1-3,5-6H,4,7-9H2,(H2,16,17,18,19). The summed E-state index contributed by atoms with van der Waals surface area (Å²) in [5.41, 5.74) is 2.86. The van der Waals surface area contributed by atoms with Gasteiger partial charge in [0.05, 0.1) is 5.69 Å². The summed E-state index contributed by atoms with van der Waals surface area (Å²) in [4.78, 5) is 21.2. The molecule has 0 amide bonds. The molecule has 1 aliphatic rings. The van der Waals surface area contributed by atoms with E-state index in [0.717, 1.165) is 36.1 Å². The number of fused-ring (bicyclic) bond motifs is 2. The lowest BCUT2D eigenvalue weighted by molar-refractivity contribution is 0.868. The topological polar surface area (TPSA) is 75.1 Å². The lowest BCUT2D eigenvalue weighted by Gasteiger charge is -2.01. The number of H-pyrrole nitrogens is 1. The van der Waals surface area contributed by atoms with Gasteiger partial charge in [-0.3, -0.25) is 9.89 Å². The molecular weight excluding hydrogens is 266 g/mol. The van der Waals surface area contributed by atoms with Gasteiger partial charge in [-0.25, -0.2) is 4.98 Å². The third kappa shape index (κ3) is 2.08. The molecule has 0 radical (unpaired) electrons. The highest BCUT2D eigenvalue weighted by atomic mass is 16.1. The number of nitrogens with one attached hydrogen (secondary N) is 2. The molecule has 0 fully saturated rings. The van der Waals surface area contributed by atoms with Crippen LogP contribution in [0.5, 0.6) is 0 Å². The number of hydrogen-bond donors (Lipinski definition) is 2. The largest absolute Gasteiger partial charge is 0.351 e. The van der Waals surface area contributed by atoms with Crippen molar-refractivity contribution in [1.29, 1.82) is 0 Å². The van der Waals surface area contributed by atoms with Crippen LogP contribution in [0.2, 0.25) is 0 Å². The van der Waals surface area contributed by atoms with E-state index in [1.54, 1.807) is 0 Å². The number of anilines is 1. The molecule has 106 valence electrons. The van der Waals surface area contributed by atoms with Crippen LogP contribution in [0.4, 0.5) is 5.95 Å². The van der Waals surface area contributed by atoms with Gasteiger partial charge in [0.15, 0.2) is 0 Å². The zero-order valence-electron chi connectivity index (χ0n) is 11.5. The van der Waals surface area contributed by atoms with E-state index in [-0.39, 0.29) is 5.56 Å². The lowest BCUT2D eigenvalue weighted by atomic mass is 10.2. The number of aryl methyl sites for hydroxylation is 1. The summed E-state index contributed by atoms with van der Waals surface area (Å²) in [6.07, 6.45) is 2.69. The number of rotatable bonds is 3. The average molecular weight is 281 g/mol. The van der Waals surface area contributed by atoms with Crippen molar-refractivity contribution >= 4 is 11.7 Å². The summed E-state index contributed by atoms with van der Waals surface area (Å²) in [7, 11) is 0. The van der Waals surface area contributed by atoms with E-state index in [1.165, 1.54) is 4.52 Å². The molecule has 2 heterocycles. The summed E-state index contributed by atoms with van der Waals surface area (Å²) < 4.78 is 1.43. The molecule has 0 aliphatic heterocycles. The number of hydrogen-bond acceptors (Lipinski definition) is 4. The SMILES string of the molecule is O=c1c2c(nc3nc(NCc4ccccc4)[nH]n13)CCC2. The van der Waals surface area contributed by atoms with Gasteiger partial charge in [-0.2, -0.15) is 9.50 Å². The Labute approximate surface area is 120 Å². The van der Waals surface area contributed by atoms with Crippen molar-refractivity contribution in [2.45, 2.75) is 25.8 Å². The summed E-state index contributed by atoms with van der Waals surface area (Å²) in [6, 6.07) is 10.0. The zero-order chi connectivity index (χ0) is 14.2. The third-order valence-electron chi connectivity index (χ3n) is 3.82. The van der Waals surface area contributed by atoms with Crippen LogP contribution < -0.4 is 10.9 Å². The summed E-state index contributed by atoms with van der Waals surface area (Å²) >= 11 is 0. The second-order valence-electron chi connectivity index (χ2n) is 5.24. The van der Waals surface area contributed by atoms with Gasteiger partial charge in [-0.05, 0) is 24.8 Å². The van der Waals surface area contributed by atoms with Crippen molar-refractivity contribution in [1.82, 2.24) is 19.6 Å². The first-order chi connectivity index (χ1) is 10.3. The highest BCUT2D eigenvalue weighted by Crippen LogP contribution is 2.16. The smallest absolute Gasteiger partial charge is 0.277 e. The zero-order valence-corrected chi connectivity index (χ0v) is 11.5. The summed E-state index contributed by atoms with van der Waals surface area (Å²) in [5.74, 6) is 1.00. The van der Waals surface area contributed by atoms with Crippen LogP contribution >= 0.6 is 0 Å². The van der Waals surface area contributed by atoms with E-state index in [1.807, 2.05) is 30.3 Å². The molecule has 4 rings (SSSR count). The Morgan fingerprint density at radius 1 is 1.19 bits per heavy atom. The normalized spacial score (nSPS) is 13.5. The number of nitrogens with zero attached hydrogens (tertiary/aromatic N) is 3. The Hall–Kier alpha value is -2.63. The van der Waals surface area contributed by atoms with E-state index in [9.17, 15) is 4.79 Å². The quantitative estimate of drug-likeness (QED) is 0.763. The molecule has 0 bridgehead atoms. The lowest BCUT2D eigenvalue weighted by Crippen LogP contribution is -2.20. The van der Waals surface area contributed by atoms with Gasteiger partial charge in [-0.1, -0.05) is 30.3 Å². The maximum absolute atomic E-state index is 12.3. The van der Waals surface area contributed by atoms with Crippen molar-refractivity contribution in [3.8, 4) is 0 Å². The van der Waals surface area contributed by atoms with E-state index < -0.39 is 0 Å². The molecule has 1 aliphatic carbocycles. The average Bonchev–Trinajstić information content (AvgIpc) is 3.13. The highest BCUT2D eigenvalue weighted by molar-refractivity contribution is 5.40. The van der Waals surface area contributed by atoms with Gasteiger partial charge >= 0.3 is 0 Å². The van der Waals surface area contributed by atoms with E-state index in [2.05, 4.69) is 20.4 Å². The molecule has 2 aromatic heterocycles. The Kier molecular flexibility index (Phi) is 2.73. The van der Waals surface area contributed by atoms with Crippen molar-refractivity contribution < 1.29 is 0 Å². The predicted molar refractivity (Wildman–Crippen MR) is 79.4 cm³/mol. The second kappa shape index (κ2) is 4.73. The fourth-order valence-corrected chi connectivity index (χ4v) is 2.75. The minimum absolute atomic E-state index is 0.0206. The van der Waals surface area contributed by atoms with Gasteiger partial charge in [-0.15, -0.1) is 0 Å². The minimum Gasteiger partial charge on any atom is -0.351 e. The molecule has 6 nitrogen and oxygen atoms in total. The molecule has 0 spiro atoms. The van der Waals surface area contributed by atoms with Gasteiger partial charge in [0.2, 0.25) is 5.95 Å². The van der Waals surface area contributed by atoms with Crippen LogP contribution in [0.3, 0.4) is 0 Å². The Morgan fingerprint density at radius 3 is 2.90 bits per heavy atom. The van der Waals surface area contributed by atoms with Gasteiger partial charge in [0.1, 0.15) is 0 Å². The van der Waals surface area contributed by atoms with E-state index >= 15 is 0 Å². The van der Waals surface area contributed by atoms with Gasteiger partial charge < -0.3 is 5.32 Å². The van der Waals surface area contributed by atoms with Gasteiger partial charge in [0, 0.05) is 12.1 Å². The Morgan fingerprint density at radius 2 is 2.05 bits per heavy atom. The first-order valence-electron chi connectivity index (χ1n) is 7.09. The molecule has 21 heavy (non-hydrogen) atoms. The van der Waals surface area contributed by atoms with Crippen LogP contribution in [0.15, 0.2) is 35.1 Å². The Bertz CT molecular complexity index is 850. The number of aromatic amines is 1. The third-order valence-corrected chi connectivity index (χ3v) is 3.82. The molecule has 0 atom stereocenters. The first-order valence-corrected chi connectivity index (χ1v) is 7.09. The molecule has 6 heteroatoms. The monoisotopic (exact) mass is 281 g/mol. The number of benzene rings is 1. The Balaban J connectivity index is 1.65. The predicted octanol–water partition coefficient (Wildman–Crippen LogP) is 1.52. The minimum atomic E-state index is -0.0206. The van der Waals surface area contributed by atoms with Crippen LogP contribution in [0, 0.1) is 0 Å². The van der Waals surface area contributed by atoms with Crippen LogP contribution in [-0.4, -0.2) is 19.6 Å². The fraction of sp³-hybridized carbons (Fsp3) is 0.267. The maximum Gasteiger partial charge on any atom is 0.277 e. The van der Waals surface area contributed by atoms with Crippen LogP contribution in [0.25, 0.3) is 5.78 Å². The molecule has 0 saturated heterocycles. The second-order valence-corrected chi connectivity index (χ2v) is 5.24. The molecule has 0 saturated carbocycles. The van der Waals surface area contributed by atoms with E-state index in [0.29, 0.717) is 18.3 Å². The molecular formula is C15H15N5O. The maximum atomic E-state index is 12.3. The molecule has 3 aromatic rings. The van der Waals surface area contributed by atoms with Crippen molar-refractivity contribution in [2.24, 2.45) is 0 Å². The molecule has 1 aromatic carbocycles. The summed E-state index contributed by atoms with van der Waals surface area (Å²) in [6.45, 7) is 0.648.